The van der Waals surface area contributed by atoms with E-state index in [4.69, 9.17) is 4.74 Å². The Balaban J connectivity index is 2.72. The van der Waals surface area contributed by atoms with Gasteiger partial charge in [-0.25, -0.2) is 4.79 Å². The maximum atomic E-state index is 11.8. The van der Waals surface area contributed by atoms with E-state index in [0.29, 0.717) is 11.4 Å². The number of hydrogen-bond acceptors (Lipinski definition) is 6. The molecule has 0 fully saturated rings. The first-order chi connectivity index (χ1) is 9.99. The van der Waals surface area contributed by atoms with Crippen LogP contribution in [0.25, 0.3) is 0 Å². The van der Waals surface area contributed by atoms with E-state index < -0.39 is 23.4 Å². The van der Waals surface area contributed by atoms with E-state index in [1.54, 1.807) is 6.26 Å². The Bertz CT molecular complexity index is 547. The summed E-state index contributed by atoms with van der Waals surface area (Å²) in [6.45, 7) is 2.00. The highest BCUT2D eigenvalue weighted by Crippen LogP contribution is 2.28. The molecule has 0 unspecified atom stereocenters. The van der Waals surface area contributed by atoms with Gasteiger partial charge >= 0.3 is 5.97 Å². The van der Waals surface area contributed by atoms with Crippen LogP contribution in [0.4, 0.5) is 5.69 Å². The minimum absolute atomic E-state index is 0.0443. The number of benzene rings is 1. The van der Waals surface area contributed by atoms with E-state index >= 15 is 0 Å². The third-order valence-electron chi connectivity index (χ3n) is 2.52. The third-order valence-corrected chi connectivity index (χ3v) is 3.30. The Morgan fingerprint density at radius 3 is 2.71 bits per heavy atom. The molecule has 0 bridgehead atoms. The topological polar surface area (TPSA) is 98.5 Å². The van der Waals surface area contributed by atoms with Crippen molar-refractivity contribution in [3.63, 3.8) is 0 Å². The second-order valence-corrected chi connectivity index (χ2v) is 4.92. The molecular weight excluding hydrogens is 296 g/mol. The lowest BCUT2D eigenvalue weighted by atomic mass is 10.2. The zero-order valence-corrected chi connectivity index (χ0v) is 12.6. The van der Waals surface area contributed by atoms with Crippen molar-refractivity contribution >= 4 is 29.3 Å². The van der Waals surface area contributed by atoms with Gasteiger partial charge in [0.1, 0.15) is 0 Å². The molecule has 0 spiro atoms. The van der Waals surface area contributed by atoms with Crippen LogP contribution in [-0.4, -0.2) is 36.2 Å². The van der Waals surface area contributed by atoms with Gasteiger partial charge in [-0.15, -0.1) is 11.8 Å². The molecule has 0 aliphatic rings. The van der Waals surface area contributed by atoms with E-state index in [-0.39, 0.29) is 11.3 Å². The van der Waals surface area contributed by atoms with Crippen molar-refractivity contribution in [3.8, 4) is 0 Å². The summed E-state index contributed by atoms with van der Waals surface area (Å²) in [5.41, 5.74) is -0.116. The van der Waals surface area contributed by atoms with Crippen LogP contribution in [0.1, 0.15) is 23.7 Å². The first-order valence-corrected chi connectivity index (χ1v) is 7.48. The number of hydrogen-bond donors (Lipinski definition) is 1. The van der Waals surface area contributed by atoms with Crippen molar-refractivity contribution in [3.05, 3.63) is 33.9 Å². The van der Waals surface area contributed by atoms with Crippen molar-refractivity contribution in [1.29, 1.82) is 0 Å². The lowest BCUT2D eigenvalue weighted by molar-refractivity contribution is -0.387. The zero-order valence-electron chi connectivity index (χ0n) is 11.8. The molecule has 0 heterocycles. The summed E-state index contributed by atoms with van der Waals surface area (Å²) >= 11 is 1.21. The van der Waals surface area contributed by atoms with Crippen molar-refractivity contribution in [2.45, 2.75) is 18.2 Å². The van der Waals surface area contributed by atoms with Crippen molar-refractivity contribution in [2.75, 3.05) is 19.4 Å². The first kappa shape index (κ1) is 17.0. The Morgan fingerprint density at radius 2 is 2.14 bits per heavy atom. The van der Waals surface area contributed by atoms with Crippen LogP contribution in [0.3, 0.4) is 0 Å². The van der Waals surface area contributed by atoms with Gasteiger partial charge in [0.2, 0.25) is 0 Å². The fourth-order valence-corrected chi connectivity index (χ4v) is 2.04. The summed E-state index contributed by atoms with van der Waals surface area (Å²) in [4.78, 5) is 33.9. The molecule has 0 aromatic heterocycles. The minimum atomic E-state index is -0.766. The van der Waals surface area contributed by atoms with Crippen molar-refractivity contribution < 1.29 is 19.2 Å². The molecule has 114 valence electrons. The molecule has 1 aromatic rings. The molecule has 1 N–H and O–H groups in total. The highest BCUT2D eigenvalue weighted by atomic mass is 32.2. The highest BCUT2D eigenvalue weighted by Gasteiger charge is 2.18. The average molecular weight is 312 g/mol. The monoisotopic (exact) mass is 312 g/mol. The van der Waals surface area contributed by atoms with E-state index in [1.807, 2.05) is 6.92 Å². The molecule has 0 saturated carbocycles. The molecule has 7 nitrogen and oxygen atoms in total. The Morgan fingerprint density at radius 1 is 1.43 bits per heavy atom. The van der Waals surface area contributed by atoms with Gasteiger partial charge in [-0.05, 0) is 24.8 Å². The number of rotatable bonds is 7. The molecule has 0 atom stereocenters. The maximum absolute atomic E-state index is 11.8. The van der Waals surface area contributed by atoms with Crippen LogP contribution in [0, 0.1) is 10.1 Å². The molecule has 1 rings (SSSR count). The van der Waals surface area contributed by atoms with Gasteiger partial charge in [0.25, 0.3) is 11.6 Å². The number of ether oxygens (including phenoxy) is 1. The molecule has 0 saturated heterocycles. The average Bonchev–Trinajstić information content (AvgIpc) is 2.49. The van der Waals surface area contributed by atoms with E-state index in [1.165, 1.54) is 23.9 Å². The molecular formula is C13H16N2O5S. The SMILES string of the molecule is CCCNC(=O)COC(=O)c1ccc(SC)c([N+](=O)[O-])c1. The standard InChI is InChI=1S/C13H16N2O5S/c1-3-6-14-12(16)8-20-13(17)9-4-5-11(21-2)10(7-9)15(18)19/h4-5,7H,3,6,8H2,1-2H3,(H,14,16). The summed E-state index contributed by atoms with van der Waals surface area (Å²) < 4.78 is 4.81. The normalized spacial score (nSPS) is 10.0. The second-order valence-electron chi connectivity index (χ2n) is 4.07. The Hall–Kier alpha value is -2.09. The van der Waals surface area contributed by atoms with Crippen LogP contribution in [-0.2, 0) is 9.53 Å². The predicted molar refractivity (Wildman–Crippen MR) is 78.5 cm³/mol. The lowest BCUT2D eigenvalue weighted by Gasteiger charge is -2.06. The minimum Gasteiger partial charge on any atom is -0.452 e. The third kappa shape index (κ3) is 5.07. The fraction of sp³-hybridized carbons (Fsp3) is 0.385. The number of carbonyl (C=O) groups is 2. The first-order valence-electron chi connectivity index (χ1n) is 6.25. The smallest absolute Gasteiger partial charge is 0.338 e. The molecule has 0 aliphatic heterocycles. The van der Waals surface area contributed by atoms with Crippen molar-refractivity contribution in [2.24, 2.45) is 0 Å². The highest BCUT2D eigenvalue weighted by molar-refractivity contribution is 7.98. The van der Waals surface area contributed by atoms with Gasteiger partial charge in [-0.2, -0.15) is 0 Å². The van der Waals surface area contributed by atoms with Crippen LogP contribution in [0.5, 0.6) is 0 Å². The maximum Gasteiger partial charge on any atom is 0.338 e. The number of carbonyl (C=O) groups excluding carboxylic acids is 2. The molecule has 21 heavy (non-hydrogen) atoms. The molecule has 0 aliphatic carbocycles. The quantitative estimate of drug-likeness (QED) is 0.358. The number of nitro groups is 1. The molecule has 1 aromatic carbocycles. The van der Waals surface area contributed by atoms with E-state index in [2.05, 4.69) is 5.32 Å². The Labute approximate surface area is 126 Å². The second kappa shape index (κ2) is 8.25. The summed E-state index contributed by atoms with van der Waals surface area (Å²) in [5, 5.41) is 13.5. The van der Waals surface area contributed by atoms with Crippen LogP contribution in [0.15, 0.2) is 23.1 Å². The predicted octanol–water partition coefficient (Wildman–Crippen LogP) is 2.00. The summed E-state index contributed by atoms with van der Waals surface area (Å²) in [6.07, 6.45) is 2.49. The van der Waals surface area contributed by atoms with Crippen LogP contribution in [0.2, 0.25) is 0 Å². The molecule has 1 amide bonds. The summed E-state index contributed by atoms with van der Waals surface area (Å²) in [7, 11) is 0. The largest absolute Gasteiger partial charge is 0.452 e. The zero-order chi connectivity index (χ0) is 15.8. The molecule has 0 radical (unpaired) electrons. The Kier molecular flexibility index (Phi) is 6.67. The number of amides is 1. The number of nitrogens with one attached hydrogen (secondary N) is 1. The summed E-state index contributed by atoms with van der Waals surface area (Å²) in [6, 6.07) is 4.07. The number of thioether (sulfide) groups is 1. The van der Waals surface area contributed by atoms with Gasteiger partial charge in [-0.3, -0.25) is 14.9 Å². The number of nitrogens with zero attached hydrogens (tertiary/aromatic N) is 1. The number of nitro benzene ring substituents is 1. The van der Waals surface area contributed by atoms with Crippen LogP contribution >= 0.6 is 11.8 Å². The van der Waals surface area contributed by atoms with Crippen molar-refractivity contribution in [1.82, 2.24) is 5.32 Å². The number of esters is 1. The lowest BCUT2D eigenvalue weighted by Crippen LogP contribution is -2.29. The van der Waals surface area contributed by atoms with Gasteiger partial charge in [-0.1, -0.05) is 6.92 Å². The van der Waals surface area contributed by atoms with E-state index in [0.717, 1.165) is 12.5 Å². The van der Waals surface area contributed by atoms with Gasteiger partial charge < -0.3 is 10.1 Å². The van der Waals surface area contributed by atoms with Gasteiger partial charge in [0, 0.05) is 12.6 Å². The fourth-order valence-electron chi connectivity index (χ4n) is 1.49. The van der Waals surface area contributed by atoms with Gasteiger partial charge in [0.05, 0.1) is 15.4 Å². The van der Waals surface area contributed by atoms with E-state index in [9.17, 15) is 19.7 Å². The molecule has 8 heteroatoms. The summed E-state index contributed by atoms with van der Waals surface area (Å²) in [5.74, 6) is -1.17. The van der Waals surface area contributed by atoms with Crippen LogP contribution < -0.4 is 5.32 Å². The van der Waals surface area contributed by atoms with Gasteiger partial charge in [0.15, 0.2) is 6.61 Å².